The third-order valence-corrected chi connectivity index (χ3v) is 2.64. The Morgan fingerprint density at radius 2 is 2.06 bits per heavy atom. The number of anilines is 1. The Bertz CT molecular complexity index is 337. The Labute approximate surface area is 96.0 Å². The van der Waals surface area contributed by atoms with Gasteiger partial charge in [-0.1, -0.05) is 0 Å². The summed E-state index contributed by atoms with van der Waals surface area (Å²) in [4.78, 5) is 16.3. The third kappa shape index (κ3) is 2.68. The Hall–Kier alpha value is -1.20. The van der Waals surface area contributed by atoms with Crippen LogP contribution in [0.1, 0.15) is 12.7 Å². The number of hydrogen-bond donors (Lipinski definition) is 0. The summed E-state index contributed by atoms with van der Waals surface area (Å²) in [6.07, 6.45) is 1.81. The molecule has 0 N–H and O–H groups in total. The number of hydrogen-bond acceptors (Lipinski definition) is 5. The lowest BCUT2D eigenvalue weighted by Gasteiger charge is -2.34. The van der Waals surface area contributed by atoms with E-state index in [0.29, 0.717) is 0 Å². The van der Waals surface area contributed by atoms with E-state index in [2.05, 4.69) is 14.9 Å². The van der Waals surface area contributed by atoms with E-state index in [4.69, 9.17) is 4.84 Å². The minimum Gasteiger partial charge on any atom is -0.354 e. The van der Waals surface area contributed by atoms with Crippen molar-refractivity contribution >= 4 is 5.82 Å². The number of piperazine rings is 1. The summed E-state index contributed by atoms with van der Waals surface area (Å²) in [5.74, 6) is 1.84. The lowest BCUT2D eigenvalue weighted by molar-refractivity contribution is -0.156. The lowest BCUT2D eigenvalue weighted by Crippen LogP contribution is -2.46. The average molecular weight is 222 g/mol. The molecule has 0 saturated carbocycles. The molecule has 0 atom stereocenters. The van der Waals surface area contributed by atoms with Crippen molar-refractivity contribution in [1.82, 2.24) is 15.0 Å². The highest BCUT2D eigenvalue weighted by Gasteiger charge is 2.18. The van der Waals surface area contributed by atoms with Crippen molar-refractivity contribution in [3.8, 4) is 0 Å². The van der Waals surface area contributed by atoms with E-state index in [0.717, 1.165) is 44.4 Å². The van der Waals surface area contributed by atoms with Crippen molar-refractivity contribution < 1.29 is 4.84 Å². The molecule has 2 rings (SSSR count). The lowest BCUT2D eigenvalue weighted by atomic mass is 10.3. The number of nitrogens with zero attached hydrogens (tertiary/aromatic N) is 4. The van der Waals surface area contributed by atoms with Crippen molar-refractivity contribution in [2.75, 3.05) is 37.7 Å². The fourth-order valence-corrected chi connectivity index (χ4v) is 1.85. The molecule has 2 heterocycles. The molecule has 5 nitrogen and oxygen atoms in total. The molecule has 1 fully saturated rings. The molecule has 1 saturated heterocycles. The monoisotopic (exact) mass is 222 g/mol. The molecule has 1 aromatic heterocycles. The van der Waals surface area contributed by atoms with Gasteiger partial charge in [0.15, 0.2) is 0 Å². The summed E-state index contributed by atoms with van der Waals surface area (Å²) in [6.45, 7) is 8.44. The third-order valence-electron chi connectivity index (χ3n) is 2.64. The van der Waals surface area contributed by atoms with E-state index in [1.54, 1.807) is 0 Å². The molecule has 0 aliphatic carbocycles. The molecular weight excluding hydrogens is 204 g/mol. The van der Waals surface area contributed by atoms with Crippen LogP contribution in [0.25, 0.3) is 0 Å². The fourth-order valence-electron chi connectivity index (χ4n) is 1.85. The summed E-state index contributed by atoms with van der Waals surface area (Å²) in [6, 6.07) is 1.96. The van der Waals surface area contributed by atoms with Crippen LogP contribution < -0.4 is 4.90 Å². The largest absolute Gasteiger partial charge is 0.354 e. The van der Waals surface area contributed by atoms with Gasteiger partial charge >= 0.3 is 0 Å². The molecule has 0 aromatic carbocycles. The summed E-state index contributed by atoms with van der Waals surface area (Å²) in [5, 5.41) is 2.02. The molecule has 0 radical (unpaired) electrons. The van der Waals surface area contributed by atoms with Crippen LogP contribution in [0.15, 0.2) is 12.3 Å². The van der Waals surface area contributed by atoms with Gasteiger partial charge in [-0.2, -0.15) is 5.06 Å². The van der Waals surface area contributed by atoms with Gasteiger partial charge in [0.05, 0.1) is 6.61 Å². The molecule has 1 aliphatic rings. The van der Waals surface area contributed by atoms with Gasteiger partial charge in [0.2, 0.25) is 0 Å². The molecule has 1 aromatic rings. The zero-order valence-corrected chi connectivity index (χ0v) is 9.89. The van der Waals surface area contributed by atoms with Crippen LogP contribution in [0.4, 0.5) is 5.82 Å². The SMILES string of the molecule is CCON1CCN(c2ccnc(C)n2)CC1. The van der Waals surface area contributed by atoms with Crippen molar-refractivity contribution in [3.63, 3.8) is 0 Å². The maximum Gasteiger partial charge on any atom is 0.132 e. The van der Waals surface area contributed by atoms with Crippen LogP contribution in [0.5, 0.6) is 0 Å². The first kappa shape index (κ1) is 11.3. The Balaban J connectivity index is 1.94. The average Bonchev–Trinajstić information content (AvgIpc) is 2.30. The molecule has 16 heavy (non-hydrogen) atoms. The molecule has 0 bridgehead atoms. The van der Waals surface area contributed by atoms with Crippen LogP contribution >= 0.6 is 0 Å². The van der Waals surface area contributed by atoms with Gasteiger partial charge in [-0.25, -0.2) is 9.97 Å². The van der Waals surface area contributed by atoms with Gasteiger partial charge in [-0.15, -0.1) is 0 Å². The van der Waals surface area contributed by atoms with Gasteiger partial charge in [-0.3, -0.25) is 4.84 Å². The van der Waals surface area contributed by atoms with Gasteiger partial charge in [0.1, 0.15) is 11.6 Å². The second-order valence-corrected chi connectivity index (χ2v) is 3.80. The minimum atomic E-state index is 0.743. The molecule has 88 valence electrons. The van der Waals surface area contributed by atoms with Gasteiger partial charge in [-0.05, 0) is 19.9 Å². The normalized spacial score (nSPS) is 17.8. The molecule has 0 amide bonds. The maximum atomic E-state index is 5.46. The quantitative estimate of drug-likeness (QED) is 0.758. The van der Waals surface area contributed by atoms with Crippen molar-refractivity contribution in [2.45, 2.75) is 13.8 Å². The summed E-state index contributed by atoms with van der Waals surface area (Å²) >= 11 is 0. The molecule has 0 unspecified atom stereocenters. The Morgan fingerprint density at radius 1 is 1.31 bits per heavy atom. The van der Waals surface area contributed by atoms with E-state index in [1.165, 1.54) is 0 Å². The maximum absolute atomic E-state index is 5.46. The standard InChI is InChI=1S/C11H18N4O/c1-3-16-15-8-6-14(7-9-15)11-4-5-12-10(2)13-11/h4-5H,3,6-9H2,1-2H3. The van der Waals surface area contributed by atoms with Gasteiger partial charge < -0.3 is 4.90 Å². The number of aromatic nitrogens is 2. The predicted octanol–water partition coefficient (Wildman–Crippen LogP) is 0.859. The topological polar surface area (TPSA) is 41.5 Å². The van der Waals surface area contributed by atoms with Crippen LogP contribution in [-0.4, -0.2) is 47.8 Å². The first-order valence-corrected chi connectivity index (χ1v) is 5.72. The predicted molar refractivity (Wildman–Crippen MR) is 62.2 cm³/mol. The molecule has 0 spiro atoms. The smallest absolute Gasteiger partial charge is 0.132 e. The van der Waals surface area contributed by atoms with Crippen LogP contribution in [0, 0.1) is 6.92 Å². The minimum absolute atomic E-state index is 0.743. The molecule has 1 aliphatic heterocycles. The number of aryl methyl sites for hydroxylation is 1. The summed E-state index contributed by atoms with van der Waals surface area (Å²) in [7, 11) is 0. The number of hydroxylamine groups is 2. The van der Waals surface area contributed by atoms with Gasteiger partial charge in [0.25, 0.3) is 0 Å². The van der Waals surface area contributed by atoms with Crippen molar-refractivity contribution in [2.24, 2.45) is 0 Å². The first-order valence-electron chi connectivity index (χ1n) is 5.72. The Morgan fingerprint density at radius 3 is 2.69 bits per heavy atom. The molecule has 5 heteroatoms. The van der Waals surface area contributed by atoms with Crippen LogP contribution in [0.3, 0.4) is 0 Å². The summed E-state index contributed by atoms with van der Waals surface area (Å²) < 4.78 is 0. The van der Waals surface area contributed by atoms with E-state index >= 15 is 0 Å². The highest BCUT2D eigenvalue weighted by molar-refractivity contribution is 5.37. The zero-order valence-electron chi connectivity index (χ0n) is 9.89. The second-order valence-electron chi connectivity index (χ2n) is 3.80. The Kier molecular flexibility index (Phi) is 3.69. The fraction of sp³-hybridized carbons (Fsp3) is 0.636. The van der Waals surface area contributed by atoms with Crippen molar-refractivity contribution in [1.29, 1.82) is 0 Å². The van der Waals surface area contributed by atoms with E-state index in [9.17, 15) is 0 Å². The van der Waals surface area contributed by atoms with Crippen LogP contribution in [0.2, 0.25) is 0 Å². The van der Waals surface area contributed by atoms with Crippen molar-refractivity contribution in [3.05, 3.63) is 18.1 Å². The first-order chi connectivity index (χ1) is 7.79. The number of rotatable bonds is 3. The van der Waals surface area contributed by atoms with E-state index in [1.807, 2.05) is 31.2 Å². The van der Waals surface area contributed by atoms with E-state index < -0.39 is 0 Å². The second kappa shape index (κ2) is 5.23. The summed E-state index contributed by atoms with van der Waals surface area (Å²) in [5.41, 5.74) is 0. The van der Waals surface area contributed by atoms with Gasteiger partial charge in [0, 0.05) is 32.4 Å². The molecular formula is C11H18N4O. The zero-order chi connectivity index (χ0) is 11.4. The van der Waals surface area contributed by atoms with E-state index in [-0.39, 0.29) is 0 Å². The highest BCUT2D eigenvalue weighted by atomic mass is 16.7. The van der Waals surface area contributed by atoms with Crippen LogP contribution in [-0.2, 0) is 4.84 Å². The highest BCUT2D eigenvalue weighted by Crippen LogP contribution is 2.12.